The molecule has 0 aromatic carbocycles. The molecule has 1 aliphatic rings. The first kappa shape index (κ1) is 23.8. The van der Waals surface area contributed by atoms with Crippen LogP contribution in [0.5, 0.6) is 0 Å². The highest BCUT2D eigenvalue weighted by atomic mass is 32.1. The molecule has 1 aliphatic heterocycles. The number of nitrogens with one attached hydrogen (secondary N) is 1. The van der Waals surface area contributed by atoms with Crippen LogP contribution >= 0.6 is 11.3 Å². The van der Waals surface area contributed by atoms with Gasteiger partial charge < -0.3 is 19.6 Å². The molecule has 1 fully saturated rings. The average molecular weight is 484 g/mol. The highest BCUT2D eigenvalue weighted by Gasteiger charge is 2.22. The van der Waals surface area contributed by atoms with Gasteiger partial charge in [0.2, 0.25) is 5.95 Å². The summed E-state index contributed by atoms with van der Waals surface area (Å²) < 4.78 is 5.12. The van der Waals surface area contributed by atoms with Gasteiger partial charge in [-0.2, -0.15) is 9.97 Å². The topological polar surface area (TPSA) is 117 Å². The summed E-state index contributed by atoms with van der Waals surface area (Å²) in [6.45, 7) is 5.92. The van der Waals surface area contributed by atoms with Crippen LogP contribution in [0.3, 0.4) is 0 Å². The number of carbonyl (C=O) groups excluding carboxylic acids is 1. The summed E-state index contributed by atoms with van der Waals surface area (Å²) in [6.07, 6.45) is 4.70. The number of anilines is 4. The smallest absolute Gasteiger partial charge is 0.350 e. The fraction of sp³-hybridized carbons (Fsp3) is 0.435. The van der Waals surface area contributed by atoms with Crippen LogP contribution in [0, 0.1) is 6.92 Å². The number of piperidine rings is 1. The first-order valence-electron chi connectivity index (χ1n) is 11.3. The second-order valence-corrected chi connectivity index (χ2v) is 9.12. The Morgan fingerprint density at radius 2 is 2.12 bits per heavy atom. The van der Waals surface area contributed by atoms with Crippen molar-refractivity contribution in [2.75, 3.05) is 41.9 Å². The lowest BCUT2D eigenvalue weighted by Gasteiger charge is -2.31. The Kier molecular flexibility index (Phi) is 7.53. The summed E-state index contributed by atoms with van der Waals surface area (Å²) in [7, 11) is 1.97. The van der Waals surface area contributed by atoms with E-state index in [0.717, 1.165) is 17.2 Å². The quantitative estimate of drug-likeness (QED) is 0.463. The van der Waals surface area contributed by atoms with E-state index >= 15 is 0 Å². The minimum absolute atomic E-state index is 0.275. The Balaban J connectivity index is 1.62. The van der Waals surface area contributed by atoms with Crippen molar-refractivity contribution >= 4 is 40.0 Å². The normalized spacial score (nSPS) is 14.2. The van der Waals surface area contributed by atoms with Crippen molar-refractivity contribution in [3.05, 3.63) is 46.7 Å². The molecule has 0 amide bonds. The minimum Gasteiger partial charge on any atom is -0.462 e. The average Bonchev–Trinajstić information content (AvgIpc) is 3.20. The minimum atomic E-state index is -0.385. The van der Waals surface area contributed by atoms with Crippen molar-refractivity contribution in [2.45, 2.75) is 39.3 Å². The van der Waals surface area contributed by atoms with Gasteiger partial charge in [0, 0.05) is 45.1 Å². The number of aliphatic hydroxyl groups excluding tert-OH is 1. The van der Waals surface area contributed by atoms with E-state index in [0.29, 0.717) is 60.7 Å². The van der Waals surface area contributed by atoms with Crippen LogP contribution in [0.25, 0.3) is 0 Å². The lowest BCUT2D eigenvalue weighted by atomic mass is 10.1. The summed E-state index contributed by atoms with van der Waals surface area (Å²) >= 11 is 1.22. The van der Waals surface area contributed by atoms with Crippen molar-refractivity contribution in [3.63, 3.8) is 0 Å². The fourth-order valence-corrected chi connectivity index (χ4v) is 4.56. The van der Waals surface area contributed by atoms with Crippen LogP contribution in [0.1, 0.15) is 40.7 Å². The van der Waals surface area contributed by atoms with Crippen LogP contribution in [-0.2, 0) is 11.3 Å². The van der Waals surface area contributed by atoms with E-state index in [9.17, 15) is 9.90 Å². The molecule has 3 aromatic rings. The number of carbonyl (C=O) groups is 1. The Labute approximate surface area is 202 Å². The van der Waals surface area contributed by atoms with Crippen molar-refractivity contribution in [1.82, 2.24) is 19.9 Å². The van der Waals surface area contributed by atoms with Gasteiger partial charge in [-0.15, -0.1) is 0 Å². The maximum atomic E-state index is 12.2. The number of pyridine rings is 1. The van der Waals surface area contributed by atoms with Crippen LogP contribution in [0.2, 0.25) is 0 Å². The molecule has 1 saturated heterocycles. The molecule has 0 saturated carbocycles. The van der Waals surface area contributed by atoms with Crippen LogP contribution in [-0.4, -0.2) is 63.9 Å². The van der Waals surface area contributed by atoms with Crippen LogP contribution < -0.4 is 15.1 Å². The zero-order valence-electron chi connectivity index (χ0n) is 19.6. The predicted molar refractivity (Wildman–Crippen MR) is 132 cm³/mol. The van der Waals surface area contributed by atoms with Gasteiger partial charge in [0.15, 0.2) is 5.13 Å². The number of aromatic nitrogens is 4. The molecule has 0 spiro atoms. The van der Waals surface area contributed by atoms with Gasteiger partial charge in [-0.25, -0.2) is 9.78 Å². The predicted octanol–water partition coefficient (Wildman–Crippen LogP) is 3.15. The summed E-state index contributed by atoms with van der Waals surface area (Å²) in [5.74, 6) is 1.52. The van der Waals surface area contributed by atoms with Gasteiger partial charge >= 0.3 is 5.97 Å². The second-order valence-electron chi connectivity index (χ2n) is 8.12. The first-order chi connectivity index (χ1) is 16.4. The lowest BCUT2D eigenvalue weighted by Crippen LogP contribution is -2.36. The van der Waals surface area contributed by atoms with Crippen molar-refractivity contribution in [2.24, 2.45) is 0 Å². The molecule has 4 rings (SSSR count). The van der Waals surface area contributed by atoms with Crippen LogP contribution in [0.15, 0.2) is 30.6 Å². The van der Waals surface area contributed by atoms with E-state index < -0.39 is 0 Å². The fourth-order valence-electron chi connectivity index (χ4n) is 3.71. The second kappa shape index (κ2) is 10.7. The molecule has 0 aliphatic carbocycles. The number of ether oxygens (including phenoxy) is 1. The number of aliphatic hydroxyl groups is 1. The number of thiazole rings is 1. The van der Waals surface area contributed by atoms with Gasteiger partial charge in [0.1, 0.15) is 16.5 Å². The molecule has 0 atom stereocenters. The molecule has 34 heavy (non-hydrogen) atoms. The SMILES string of the molecule is CCOC(=O)c1sc(Nc2nc(N(C)Cc3cccnc3)cc(N3CCC(O)CC3)n2)nc1C. The summed E-state index contributed by atoms with van der Waals surface area (Å²) in [5.41, 5.74) is 1.66. The van der Waals surface area contributed by atoms with Crippen LogP contribution in [0.4, 0.5) is 22.7 Å². The highest BCUT2D eigenvalue weighted by molar-refractivity contribution is 7.17. The molecule has 11 heteroatoms. The third-order valence-electron chi connectivity index (χ3n) is 5.50. The first-order valence-corrected chi connectivity index (χ1v) is 12.1. The van der Waals surface area contributed by atoms with E-state index in [1.54, 1.807) is 20.0 Å². The zero-order chi connectivity index (χ0) is 24.1. The van der Waals surface area contributed by atoms with E-state index in [1.807, 2.05) is 36.3 Å². The Bertz CT molecular complexity index is 1120. The van der Waals surface area contributed by atoms with Gasteiger partial charge in [0.25, 0.3) is 0 Å². The highest BCUT2D eigenvalue weighted by Crippen LogP contribution is 2.29. The maximum Gasteiger partial charge on any atom is 0.350 e. The van der Waals surface area contributed by atoms with E-state index in [2.05, 4.69) is 20.2 Å². The number of esters is 1. The molecule has 3 aromatic heterocycles. The Hall–Kier alpha value is -3.31. The third-order valence-corrected chi connectivity index (χ3v) is 6.55. The Morgan fingerprint density at radius 1 is 1.32 bits per heavy atom. The summed E-state index contributed by atoms with van der Waals surface area (Å²) in [6, 6.07) is 5.88. The molecular formula is C23H29N7O3S. The standard InChI is InChI=1S/C23H29N7O3S/c1-4-33-21(32)20-15(2)25-23(34-20)28-22-26-18(29(3)14-16-6-5-9-24-13-16)12-19(27-22)30-10-7-17(31)8-11-30/h5-6,9,12-13,17,31H,4,7-8,10-11,14H2,1-3H3,(H,25,26,27,28). The number of hydrogen-bond acceptors (Lipinski definition) is 11. The zero-order valence-corrected chi connectivity index (χ0v) is 20.4. The number of aryl methyl sites for hydroxylation is 1. The van der Waals surface area contributed by atoms with Gasteiger partial charge in [-0.1, -0.05) is 17.4 Å². The molecule has 2 N–H and O–H groups in total. The van der Waals surface area contributed by atoms with Gasteiger partial charge in [-0.3, -0.25) is 10.3 Å². The third kappa shape index (κ3) is 5.78. The summed E-state index contributed by atoms with van der Waals surface area (Å²) in [4.78, 5) is 34.9. The van der Waals surface area contributed by atoms with Crippen molar-refractivity contribution in [1.29, 1.82) is 0 Å². The molecule has 0 radical (unpaired) electrons. The number of nitrogens with zero attached hydrogens (tertiary/aromatic N) is 6. The number of rotatable bonds is 8. The lowest BCUT2D eigenvalue weighted by molar-refractivity contribution is 0.0531. The maximum absolute atomic E-state index is 12.2. The molecule has 180 valence electrons. The monoisotopic (exact) mass is 483 g/mol. The largest absolute Gasteiger partial charge is 0.462 e. The molecule has 10 nitrogen and oxygen atoms in total. The van der Waals surface area contributed by atoms with Gasteiger partial charge in [0.05, 0.1) is 18.4 Å². The number of hydrogen-bond donors (Lipinski definition) is 2. The van der Waals surface area contributed by atoms with Gasteiger partial charge in [-0.05, 0) is 38.3 Å². The molecular weight excluding hydrogens is 454 g/mol. The van der Waals surface area contributed by atoms with E-state index in [-0.39, 0.29) is 12.1 Å². The van der Waals surface area contributed by atoms with E-state index in [4.69, 9.17) is 14.7 Å². The van der Waals surface area contributed by atoms with E-state index in [1.165, 1.54) is 11.3 Å². The van der Waals surface area contributed by atoms with Crippen molar-refractivity contribution in [3.8, 4) is 0 Å². The van der Waals surface area contributed by atoms with Crippen molar-refractivity contribution < 1.29 is 14.6 Å². The molecule has 4 heterocycles. The Morgan fingerprint density at radius 3 is 2.82 bits per heavy atom. The molecule has 0 unspecified atom stereocenters. The summed E-state index contributed by atoms with van der Waals surface area (Å²) in [5, 5.41) is 13.6. The molecule has 0 bridgehead atoms.